The minimum Gasteiger partial charge on any atom is -0.345 e. The van der Waals surface area contributed by atoms with E-state index < -0.39 is 4.92 Å². The minimum absolute atomic E-state index is 0.0879. The number of anilines is 1. The highest BCUT2D eigenvalue weighted by atomic mass is 16.6. The lowest BCUT2D eigenvalue weighted by Gasteiger charge is -2.36. The van der Waals surface area contributed by atoms with Crippen LogP contribution in [0, 0.1) is 33.3 Å². The molecule has 0 spiro atoms. The zero-order valence-corrected chi connectivity index (χ0v) is 12.0. The Kier molecular flexibility index (Phi) is 3.06. The van der Waals surface area contributed by atoms with Gasteiger partial charge in [-0.25, -0.2) is 4.98 Å². The molecule has 1 aromatic rings. The largest absolute Gasteiger partial charge is 0.345 e. The SMILES string of the molecule is CC1(C)C2CNCC2CN1c1ncc(C#N)cc1[N+](=O)[O-]. The van der Waals surface area contributed by atoms with Gasteiger partial charge < -0.3 is 10.2 Å². The Labute approximate surface area is 122 Å². The van der Waals surface area contributed by atoms with Gasteiger partial charge in [0.25, 0.3) is 0 Å². The summed E-state index contributed by atoms with van der Waals surface area (Å²) in [7, 11) is 0. The molecule has 2 saturated heterocycles. The Morgan fingerprint density at radius 3 is 2.95 bits per heavy atom. The quantitative estimate of drug-likeness (QED) is 0.650. The molecule has 0 amide bonds. The molecule has 2 unspecified atom stereocenters. The van der Waals surface area contributed by atoms with E-state index in [0.717, 1.165) is 19.6 Å². The summed E-state index contributed by atoms with van der Waals surface area (Å²) >= 11 is 0. The van der Waals surface area contributed by atoms with Gasteiger partial charge in [0.2, 0.25) is 5.82 Å². The molecule has 3 heterocycles. The summed E-state index contributed by atoms with van der Waals surface area (Å²) in [6, 6.07) is 3.22. The molecule has 2 aliphatic heterocycles. The monoisotopic (exact) mass is 287 g/mol. The van der Waals surface area contributed by atoms with Gasteiger partial charge in [-0.3, -0.25) is 10.1 Å². The molecule has 1 N–H and O–H groups in total. The summed E-state index contributed by atoms with van der Waals surface area (Å²) in [5, 5.41) is 23.6. The van der Waals surface area contributed by atoms with Crippen molar-refractivity contribution in [2.75, 3.05) is 24.5 Å². The second-order valence-corrected chi connectivity index (χ2v) is 6.22. The smallest absolute Gasteiger partial charge is 0.312 e. The van der Waals surface area contributed by atoms with Gasteiger partial charge in [-0.2, -0.15) is 5.26 Å². The van der Waals surface area contributed by atoms with Crippen LogP contribution in [-0.2, 0) is 0 Å². The number of pyridine rings is 1. The normalized spacial score (nSPS) is 26.4. The number of aromatic nitrogens is 1. The van der Waals surface area contributed by atoms with Crippen molar-refractivity contribution >= 4 is 11.5 Å². The van der Waals surface area contributed by atoms with Crippen LogP contribution in [0.3, 0.4) is 0 Å². The number of rotatable bonds is 2. The van der Waals surface area contributed by atoms with Gasteiger partial charge in [0, 0.05) is 37.4 Å². The van der Waals surface area contributed by atoms with E-state index in [-0.39, 0.29) is 16.8 Å². The highest BCUT2D eigenvalue weighted by Crippen LogP contribution is 2.44. The second-order valence-electron chi connectivity index (χ2n) is 6.22. The fourth-order valence-electron chi connectivity index (χ4n) is 3.63. The van der Waals surface area contributed by atoms with Crippen LogP contribution in [0.2, 0.25) is 0 Å². The highest BCUT2D eigenvalue weighted by molar-refractivity contribution is 5.62. The van der Waals surface area contributed by atoms with Crippen molar-refractivity contribution in [3.8, 4) is 6.07 Å². The molecular formula is C14H17N5O2. The van der Waals surface area contributed by atoms with E-state index in [1.807, 2.05) is 11.0 Å². The van der Waals surface area contributed by atoms with Crippen LogP contribution in [0.1, 0.15) is 19.4 Å². The summed E-state index contributed by atoms with van der Waals surface area (Å²) in [5.41, 5.74) is -0.0699. The summed E-state index contributed by atoms with van der Waals surface area (Å²) in [5.74, 6) is 1.31. The molecule has 7 heteroatoms. The number of nitrogens with one attached hydrogen (secondary N) is 1. The van der Waals surface area contributed by atoms with Gasteiger partial charge >= 0.3 is 5.69 Å². The topological polar surface area (TPSA) is 95.1 Å². The lowest BCUT2D eigenvalue weighted by atomic mass is 9.85. The lowest BCUT2D eigenvalue weighted by molar-refractivity contribution is -0.384. The van der Waals surface area contributed by atoms with Gasteiger partial charge in [-0.05, 0) is 25.7 Å². The molecule has 2 aliphatic rings. The van der Waals surface area contributed by atoms with E-state index in [0.29, 0.717) is 17.7 Å². The third-order valence-corrected chi connectivity index (χ3v) is 4.79. The average Bonchev–Trinajstić information content (AvgIpc) is 3.00. The molecule has 0 bridgehead atoms. The van der Waals surface area contributed by atoms with E-state index in [2.05, 4.69) is 24.1 Å². The molecule has 2 atom stereocenters. The van der Waals surface area contributed by atoms with Crippen molar-refractivity contribution in [2.24, 2.45) is 11.8 Å². The van der Waals surface area contributed by atoms with Gasteiger partial charge in [0.15, 0.2) is 0 Å². The lowest BCUT2D eigenvalue weighted by Crippen LogP contribution is -2.45. The Morgan fingerprint density at radius 2 is 2.33 bits per heavy atom. The van der Waals surface area contributed by atoms with Gasteiger partial charge in [-0.1, -0.05) is 0 Å². The van der Waals surface area contributed by atoms with Crippen LogP contribution in [0.25, 0.3) is 0 Å². The summed E-state index contributed by atoms with van der Waals surface area (Å²) < 4.78 is 0. The average molecular weight is 287 g/mol. The molecule has 21 heavy (non-hydrogen) atoms. The Morgan fingerprint density at radius 1 is 1.57 bits per heavy atom. The zero-order chi connectivity index (χ0) is 15.2. The zero-order valence-electron chi connectivity index (χ0n) is 12.0. The van der Waals surface area contributed by atoms with Crippen molar-refractivity contribution in [1.29, 1.82) is 5.26 Å². The predicted octanol–water partition coefficient (Wildman–Crippen LogP) is 1.30. The first-order valence-corrected chi connectivity index (χ1v) is 6.98. The maximum absolute atomic E-state index is 11.3. The molecule has 7 nitrogen and oxygen atoms in total. The number of nitrogens with zero attached hydrogens (tertiary/aromatic N) is 4. The second kappa shape index (κ2) is 4.67. The van der Waals surface area contributed by atoms with E-state index in [1.54, 1.807) is 0 Å². The Bertz CT molecular complexity index is 637. The molecule has 110 valence electrons. The number of fused-ring (bicyclic) bond motifs is 1. The number of nitriles is 1. The van der Waals surface area contributed by atoms with Gasteiger partial charge in [-0.15, -0.1) is 0 Å². The molecule has 3 rings (SSSR count). The molecule has 0 radical (unpaired) electrons. The fourth-order valence-corrected chi connectivity index (χ4v) is 3.63. The Hall–Kier alpha value is -2.20. The first kappa shape index (κ1) is 13.8. The standard InChI is InChI=1S/C14H17N5O2/c1-14(2)11-7-16-6-10(11)8-18(14)13-12(19(20)21)3-9(4-15)5-17-13/h3,5,10-11,16H,6-8H2,1-2H3. The third kappa shape index (κ3) is 2.03. The van der Waals surface area contributed by atoms with Crippen LogP contribution in [-0.4, -0.2) is 35.1 Å². The van der Waals surface area contributed by atoms with Crippen molar-refractivity contribution in [3.63, 3.8) is 0 Å². The molecule has 0 aliphatic carbocycles. The van der Waals surface area contributed by atoms with Crippen LogP contribution in [0.4, 0.5) is 11.5 Å². The van der Waals surface area contributed by atoms with E-state index in [4.69, 9.17) is 5.26 Å². The van der Waals surface area contributed by atoms with Crippen molar-refractivity contribution in [2.45, 2.75) is 19.4 Å². The first-order valence-electron chi connectivity index (χ1n) is 6.98. The molecule has 0 aromatic carbocycles. The van der Waals surface area contributed by atoms with E-state index in [1.165, 1.54) is 12.3 Å². The van der Waals surface area contributed by atoms with Gasteiger partial charge in [0.1, 0.15) is 6.07 Å². The third-order valence-electron chi connectivity index (χ3n) is 4.79. The maximum Gasteiger partial charge on any atom is 0.312 e. The fraction of sp³-hybridized carbons (Fsp3) is 0.571. The van der Waals surface area contributed by atoms with Crippen molar-refractivity contribution < 1.29 is 4.92 Å². The Balaban J connectivity index is 2.05. The van der Waals surface area contributed by atoms with E-state index >= 15 is 0 Å². The van der Waals surface area contributed by atoms with E-state index in [9.17, 15) is 10.1 Å². The van der Waals surface area contributed by atoms with Crippen LogP contribution in [0.5, 0.6) is 0 Å². The summed E-state index contributed by atoms with van der Waals surface area (Å²) in [6.07, 6.45) is 1.41. The molecule has 2 fully saturated rings. The molecule has 1 aromatic heterocycles. The molecule has 0 saturated carbocycles. The summed E-state index contributed by atoms with van der Waals surface area (Å²) in [4.78, 5) is 17.1. The number of hydrogen-bond donors (Lipinski definition) is 1. The van der Waals surface area contributed by atoms with Gasteiger partial charge in [0.05, 0.1) is 10.5 Å². The molecular weight excluding hydrogens is 270 g/mol. The highest BCUT2D eigenvalue weighted by Gasteiger charge is 2.51. The van der Waals surface area contributed by atoms with Crippen LogP contribution in [0.15, 0.2) is 12.3 Å². The maximum atomic E-state index is 11.3. The summed E-state index contributed by atoms with van der Waals surface area (Å²) in [6.45, 7) is 6.83. The van der Waals surface area contributed by atoms with Crippen molar-refractivity contribution in [3.05, 3.63) is 27.9 Å². The number of nitro groups is 1. The first-order chi connectivity index (χ1) is 9.95. The number of hydrogen-bond acceptors (Lipinski definition) is 6. The van der Waals surface area contributed by atoms with Crippen LogP contribution >= 0.6 is 0 Å². The van der Waals surface area contributed by atoms with Crippen LogP contribution < -0.4 is 10.2 Å². The predicted molar refractivity (Wildman–Crippen MR) is 76.9 cm³/mol. The minimum atomic E-state index is -0.453. The van der Waals surface area contributed by atoms with Crippen molar-refractivity contribution in [1.82, 2.24) is 10.3 Å².